The van der Waals surface area contributed by atoms with Crippen LogP contribution in [0.3, 0.4) is 0 Å². The minimum atomic E-state index is -3.34. The first kappa shape index (κ1) is 20.2. The molecule has 0 bridgehead atoms. The number of rotatable bonds is 10. The monoisotopic (exact) mass is 377 g/mol. The first-order valence-corrected chi connectivity index (χ1v) is 10.2. The van der Waals surface area contributed by atoms with E-state index in [0.717, 1.165) is 5.56 Å². The Hall–Kier alpha value is -2.14. The molecule has 2 aromatic carbocycles. The summed E-state index contributed by atoms with van der Waals surface area (Å²) >= 11 is 0. The lowest BCUT2D eigenvalue weighted by Crippen LogP contribution is -2.11. The Morgan fingerprint density at radius 3 is 2.15 bits per heavy atom. The van der Waals surface area contributed by atoms with Crippen molar-refractivity contribution in [3.8, 4) is 5.75 Å². The maximum absolute atomic E-state index is 12.6. The largest absolute Gasteiger partial charge is 0.489 e. The predicted molar refractivity (Wildman–Crippen MR) is 101 cm³/mol. The molecule has 0 fully saturated rings. The van der Waals surface area contributed by atoms with Crippen molar-refractivity contribution in [3.63, 3.8) is 0 Å². The van der Waals surface area contributed by atoms with Gasteiger partial charge < -0.3 is 19.0 Å². The summed E-state index contributed by atoms with van der Waals surface area (Å²) in [5.74, 6) is 0.688. The topological polar surface area (TPSA) is 77.4 Å². The maximum Gasteiger partial charge on any atom is 0.336 e. The summed E-state index contributed by atoms with van der Waals surface area (Å²) in [5.41, 5.74) is 1.94. The summed E-state index contributed by atoms with van der Waals surface area (Å²) in [5, 5.41) is 12.6. The molecule has 0 radical (unpaired) electrons. The van der Waals surface area contributed by atoms with Gasteiger partial charge in [0.05, 0.1) is 25.1 Å². The quantitative estimate of drug-likeness (QED) is 0.281. The van der Waals surface area contributed by atoms with Crippen molar-refractivity contribution in [2.24, 2.45) is 5.16 Å². The van der Waals surface area contributed by atoms with E-state index >= 15 is 0 Å². The van der Waals surface area contributed by atoms with Gasteiger partial charge in [-0.25, -0.2) is 0 Å². The number of ether oxygens (including phenoxy) is 1. The van der Waals surface area contributed by atoms with E-state index < -0.39 is 7.60 Å². The third-order valence-electron chi connectivity index (χ3n) is 3.55. The second kappa shape index (κ2) is 10.1. The van der Waals surface area contributed by atoms with Crippen LogP contribution >= 0.6 is 7.60 Å². The van der Waals surface area contributed by atoms with Crippen LogP contribution in [0.4, 0.5) is 0 Å². The van der Waals surface area contributed by atoms with Gasteiger partial charge in [0.15, 0.2) is 0 Å². The fraction of sp³-hybridized carbons (Fsp3) is 0.316. The van der Waals surface area contributed by atoms with Gasteiger partial charge in [-0.15, -0.1) is 0 Å². The molecule has 7 heteroatoms. The molecule has 0 aliphatic heterocycles. The van der Waals surface area contributed by atoms with Crippen LogP contribution in [0.2, 0.25) is 0 Å². The molecular formula is C19H24NO5P. The first-order chi connectivity index (χ1) is 12.6. The van der Waals surface area contributed by atoms with Crippen LogP contribution in [0.1, 0.15) is 25.0 Å². The van der Waals surface area contributed by atoms with Crippen LogP contribution in [0, 0.1) is 0 Å². The normalized spacial score (nSPS) is 12.2. The van der Waals surface area contributed by atoms with Crippen LogP contribution in [0.5, 0.6) is 5.75 Å². The number of hydrogen-bond donors (Lipinski definition) is 1. The van der Waals surface area contributed by atoms with Crippen LogP contribution in [-0.2, 0) is 20.2 Å². The molecule has 140 valence electrons. The lowest BCUT2D eigenvalue weighted by molar-refractivity contribution is 0.223. The van der Waals surface area contributed by atoms with Crippen molar-refractivity contribution in [3.05, 3.63) is 65.7 Å². The predicted octanol–water partition coefficient (Wildman–Crippen LogP) is 4.71. The summed E-state index contributed by atoms with van der Waals surface area (Å²) in [6.45, 7) is 4.44. The molecule has 0 amide bonds. The lowest BCUT2D eigenvalue weighted by atomic mass is 10.1. The van der Waals surface area contributed by atoms with Crippen LogP contribution < -0.4 is 4.74 Å². The van der Waals surface area contributed by atoms with E-state index in [1.165, 1.54) is 0 Å². The molecule has 2 rings (SSSR count). The zero-order valence-electron chi connectivity index (χ0n) is 15.0. The third-order valence-corrected chi connectivity index (χ3v) is 5.54. The van der Waals surface area contributed by atoms with Gasteiger partial charge in [0.25, 0.3) is 0 Å². The van der Waals surface area contributed by atoms with E-state index in [2.05, 4.69) is 5.16 Å². The lowest BCUT2D eigenvalue weighted by Gasteiger charge is -2.17. The van der Waals surface area contributed by atoms with Crippen LogP contribution in [0.25, 0.3) is 0 Å². The van der Waals surface area contributed by atoms with Gasteiger partial charge in [0.1, 0.15) is 12.4 Å². The summed E-state index contributed by atoms with van der Waals surface area (Å²) < 4.78 is 28.9. The smallest absolute Gasteiger partial charge is 0.336 e. The zero-order valence-corrected chi connectivity index (χ0v) is 15.9. The molecule has 0 aromatic heterocycles. The second-order valence-electron chi connectivity index (χ2n) is 5.45. The van der Waals surface area contributed by atoms with Crippen molar-refractivity contribution in [1.29, 1.82) is 0 Å². The van der Waals surface area contributed by atoms with Gasteiger partial charge in [-0.2, -0.15) is 0 Å². The molecule has 0 aliphatic rings. The average molecular weight is 377 g/mol. The molecule has 6 nitrogen and oxygen atoms in total. The number of hydrogen-bond acceptors (Lipinski definition) is 6. The summed E-state index contributed by atoms with van der Waals surface area (Å²) in [4.78, 5) is 0. The first-order valence-electron chi connectivity index (χ1n) is 8.46. The minimum absolute atomic E-state index is 0.102. The summed E-state index contributed by atoms with van der Waals surface area (Å²) in [6.07, 6.45) is -0.102. The SMILES string of the molecule is CCOP(=O)(CC(=NO)c1ccc(OCc2ccccc2)cc1)OCC. The minimum Gasteiger partial charge on any atom is -0.489 e. The van der Waals surface area contributed by atoms with Gasteiger partial charge in [-0.1, -0.05) is 35.5 Å². The van der Waals surface area contributed by atoms with E-state index in [1.807, 2.05) is 30.3 Å². The summed E-state index contributed by atoms with van der Waals surface area (Å²) in [6, 6.07) is 16.9. The fourth-order valence-electron chi connectivity index (χ4n) is 2.37. The highest BCUT2D eigenvalue weighted by Crippen LogP contribution is 2.48. The van der Waals surface area contributed by atoms with Crippen LogP contribution in [0.15, 0.2) is 59.8 Å². The molecule has 0 saturated heterocycles. The van der Waals surface area contributed by atoms with E-state index in [-0.39, 0.29) is 25.1 Å². The summed E-state index contributed by atoms with van der Waals surface area (Å²) in [7, 11) is -3.34. The molecule has 1 N–H and O–H groups in total. The highest BCUT2D eigenvalue weighted by atomic mass is 31.2. The zero-order chi connectivity index (χ0) is 18.8. The second-order valence-corrected chi connectivity index (χ2v) is 7.50. The van der Waals surface area contributed by atoms with Gasteiger partial charge in [0, 0.05) is 5.56 Å². The Balaban J connectivity index is 2.04. The Bertz CT molecular complexity index is 736. The van der Waals surface area contributed by atoms with Crippen LogP contribution in [-0.4, -0.2) is 30.3 Å². The van der Waals surface area contributed by atoms with E-state index in [0.29, 0.717) is 17.9 Å². The standard InChI is InChI=1S/C19H24NO5P/c1-3-24-26(22,25-4-2)15-19(20-21)17-10-12-18(13-11-17)23-14-16-8-6-5-7-9-16/h5-13,21H,3-4,14-15H2,1-2H3. The fourth-order valence-corrected chi connectivity index (χ4v) is 4.03. The number of oxime groups is 1. The van der Waals surface area contributed by atoms with E-state index in [1.54, 1.807) is 38.1 Å². The molecule has 0 saturated carbocycles. The van der Waals surface area contributed by atoms with Crippen molar-refractivity contribution in [1.82, 2.24) is 0 Å². The van der Waals surface area contributed by atoms with E-state index in [4.69, 9.17) is 13.8 Å². The van der Waals surface area contributed by atoms with E-state index in [9.17, 15) is 9.77 Å². The average Bonchev–Trinajstić information content (AvgIpc) is 2.66. The molecular weight excluding hydrogens is 353 g/mol. The molecule has 0 unspecified atom stereocenters. The van der Waals surface area contributed by atoms with Gasteiger partial charge >= 0.3 is 7.60 Å². The molecule has 0 spiro atoms. The molecule has 0 atom stereocenters. The van der Waals surface area contributed by atoms with Crippen molar-refractivity contribution in [2.45, 2.75) is 20.5 Å². The van der Waals surface area contributed by atoms with Gasteiger partial charge in [-0.05, 0) is 43.7 Å². The number of nitrogens with zero attached hydrogens (tertiary/aromatic N) is 1. The highest BCUT2D eigenvalue weighted by molar-refractivity contribution is 7.55. The Morgan fingerprint density at radius 1 is 1.00 bits per heavy atom. The van der Waals surface area contributed by atoms with Crippen molar-refractivity contribution < 1.29 is 23.6 Å². The third kappa shape index (κ3) is 5.99. The molecule has 26 heavy (non-hydrogen) atoms. The van der Waals surface area contributed by atoms with Crippen molar-refractivity contribution in [2.75, 3.05) is 19.4 Å². The number of benzene rings is 2. The highest BCUT2D eigenvalue weighted by Gasteiger charge is 2.27. The van der Waals surface area contributed by atoms with Crippen molar-refractivity contribution >= 4 is 13.3 Å². The Kier molecular flexibility index (Phi) is 7.85. The Morgan fingerprint density at radius 2 is 1.62 bits per heavy atom. The maximum atomic E-state index is 12.6. The molecule has 2 aromatic rings. The molecule has 0 heterocycles. The van der Waals surface area contributed by atoms with Gasteiger partial charge in [0.2, 0.25) is 0 Å². The molecule has 0 aliphatic carbocycles. The Labute approximate surface area is 153 Å². The van der Waals surface area contributed by atoms with Gasteiger partial charge in [-0.3, -0.25) is 4.57 Å².